The van der Waals surface area contributed by atoms with Gasteiger partial charge in [-0.05, 0) is 23.8 Å². The molecule has 0 fully saturated rings. The van der Waals surface area contributed by atoms with Crippen molar-refractivity contribution < 1.29 is 4.74 Å². The quantitative estimate of drug-likeness (QED) is 0.409. The first kappa shape index (κ1) is 19.3. The number of nitrogens with two attached hydrogens (primary N) is 1. The van der Waals surface area contributed by atoms with E-state index in [0.717, 1.165) is 11.3 Å². The smallest absolute Gasteiger partial charge is 0.193 e. The molecule has 2 aromatic rings. The molecule has 0 saturated heterocycles. The average Bonchev–Trinajstić information content (AvgIpc) is 2.53. The molecular weight excluding hydrogens is 425 g/mol. The summed E-state index contributed by atoms with van der Waals surface area (Å²) in [5, 5.41) is 3.50. The summed E-state index contributed by atoms with van der Waals surface area (Å²) < 4.78 is 5.10. The van der Waals surface area contributed by atoms with E-state index in [2.05, 4.69) is 10.3 Å². The Morgan fingerprint density at radius 2 is 2.00 bits per heavy atom. The molecule has 0 aliphatic heterocycles. The molecule has 0 aliphatic rings. The van der Waals surface area contributed by atoms with E-state index in [1.807, 2.05) is 48.6 Å². The summed E-state index contributed by atoms with van der Waals surface area (Å²) in [6.07, 6.45) is 3.95. The van der Waals surface area contributed by atoms with Gasteiger partial charge in [0.05, 0.1) is 18.7 Å². The van der Waals surface area contributed by atoms with Crippen LogP contribution in [-0.2, 0) is 0 Å². The van der Waals surface area contributed by atoms with E-state index in [-0.39, 0.29) is 24.0 Å². The number of ether oxygens (including phenoxy) is 1. The molecule has 4 nitrogen and oxygen atoms in total. The summed E-state index contributed by atoms with van der Waals surface area (Å²) in [4.78, 5) is 4.23. The molecule has 0 radical (unpaired) electrons. The van der Waals surface area contributed by atoms with E-state index in [1.165, 1.54) is 0 Å². The molecule has 6 heteroatoms. The lowest BCUT2D eigenvalue weighted by Crippen LogP contribution is -2.22. The Morgan fingerprint density at radius 1 is 1.26 bits per heavy atom. The van der Waals surface area contributed by atoms with Gasteiger partial charge in [0.25, 0.3) is 0 Å². The van der Waals surface area contributed by atoms with E-state index in [0.29, 0.717) is 23.3 Å². The number of anilines is 1. The van der Waals surface area contributed by atoms with E-state index in [4.69, 9.17) is 22.1 Å². The van der Waals surface area contributed by atoms with Crippen molar-refractivity contribution in [1.82, 2.24) is 0 Å². The Bertz CT molecular complexity index is 675. The number of rotatable bonds is 5. The number of aliphatic imine (C=N–C) groups is 1. The maximum atomic E-state index is 6.05. The molecule has 0 spiro atoms. The second-order valence-corrected chi connectivity index (χ2v) is 4.92. The van der Waals surface area contributed by atoms with E-state index in [1.54, 1.807) is 19.2 Å². The minimum Gasteiger partial charge on any atom is -0.495 e. The van der Waals surface area contributed by atoms with Crippen LogP contribution in [0.2, 0.25) is 5.02 Å². The minimum absolute atomic E-state index is 0. The monoisotopic (exact) mass is 443 g/mol. The zero-order valence-electron chi connectivity index (χ0n) is 12.7. The Hall–Kier alpha value is -1.73. The fourth-order valence-corrected chi connectivity index (χ4v) is 2.09. The Kier molecular flexibility index (Phi) is 8.50. The molecule has 122 valence electrons. The molecule has 0 atom stereocenters. The summed E-state index contributed by atoms with van der Waals surface area (Å²) in [7, 11) is 1.57. The average molecular weight is 444 g/mol. The van der Waals surface area contributed by atoms with Crippen LogP contribution in [-0.4, -0.2) is 19.6 Å². The first-order valence-electron chi connectivity index (χ1n) is 6.81. The highest BCUT2D eigenvalue weighted by atomic mass is 127. The molecule has 23 heavy (non-hydrogen) atoms. The molecule has 0 bridgehead atoms. The molecular formula is C17H19ClIN3O. The number of methoxy groups -OCH3 is 1. The number of benzene rings is 2. The van der Waals surface area contributed by atoms with Gasteiger partial charge >= 0.3 is 0 Å². The number of nitrogens with zero attached hydrogens (tertiary/aromatic N) is 1. The molecule has 0 aliphatic carbocycles. The van der Waals surface area contributed by atoms with Crippen LogP contribution in [0.5, 0.6) is 5.75 Å². The highest BCUT2D eigenvalue weighted by Gasteiger charge is 2.02. The third-order valence-electron chi connectivity index (χ3n) is 2.90. The van der Waals surface area contributed by atoms with Gasteiger partial charge in [-0.2, -0.15) is 0 Å². The van der Waals surface area contributed by atoms with Gasteiger partial charge in [-0.25, -0.2) is 4.99 Å². The predicted octanol–water partition coefficient (Wildman–Crippen LogP) is 4.41. The topological polar surface area (TPSA) is 59.6 Å². The standard InChI is InChI=1S/C17H18ClN3O.HI/c1-22-16-10-9-14(12-15(16)18)21-17(19)20-11-5-8-13-6-3-2-4-7-13;/h2-10,12H,11H2,1H3,(H3,19,20,21);1H. The second-order valence-electron chi connectivity index (χ2n) is 4.51. The van der Waals surface area contributed by atoms with Crippen LogP contribution in [0.4, 0.5) is 5.69 Å². The maximum Gasteiger partial charge on any atom is 0.193 e. The summed E-state index contributed by atoms with van der Waals surface area (Å²) in [6, 6.07) is 15.4. The largest absolute Gasteiger partial charge is 0.495 e. The third kappa shape index (κ3) is 6.50. The van der Waals surface area contributed by atoms with Gasteiger partial charge in [0.15, 0.2) is 5.96 Å². The highest BCUT2D eigenvalue weighted by Crippen LogP contribution is 2.26. The van der Waals surface area contributed by atoms with Crippen molar-refractivity contribution in [3.05, 3.63) is 65.2 Å². The highest BCUT2D eigenvalue weighted by molar-refractivity contribution is 14.0. The van der Waals surface area contributed by atoms with Crippen LogP contribution in [0.3, 0.4) is 0 Å². The van der Waals surface area contributed by atoms with Crippen LogP contribution < -0.4 is 15.8 Å². The zero-order chi connectivity index (χ0) is 15.8. The third-order valence-corrected chi connectivity index (χ3v) is 3.20. The molecule has 2 rings (SSSR count). The normalized spacial score (nSPS) is 11.1. The maximum absolute atomic E-state index is 6.05. The molecule has 0 heterocycles. The van der Waals surface area contributed by atoms with Crippen LogP contribution in [0.1, 0.15) is 5.56 Å². The summed E-state index contributed by atoms with van der Waals surface area (Å²) in [6.45, 7) is 0.498. The van der Waals surface area contributed by atoms with Crippen LogP contribution in [0.15, 0.2) is 59.6 Å². The van der Waals surface area contributed by atoms with E-state index >= 15 is 0 Å². The lowest BCUT2D eigenvalue weighted by atomic mass is 10.2. The summed E-state index contributed by atoms with van der Waals surface area (Å²) >= 11 is 6.05. The Balaban J connectivity index is 0.00000264. The molecule has 0 aromatic heterocycles. The molecule has 3 N–H and O–H groups in total. The Morgan fingerprint density at radius 3 is 2.65 bits per heavy atom. The molecule has 0 amide bonds. The van der Waals surface area contributed by atoms with Crippen molar-refractivity contribution in [2.24, 2.45) is 10.7 Å². The Labute approximate surface area is 158 Å². The molecule has 2 aromatic carbocycles. The summed E-state index contributed by atoms with van der Waals surface area (Å²) in [5.74, 6) is 0.951. The minimum atomic E-state index is 0. The molecule has 0 saturated carbocycles. The number of halogens is 2. The lowest BCUT2D eigenvalue weighted by Gasteiger charge is -2.08. The first-order valence-corrected chi connectivity index (χ1v) is 7.19. The molecule has 0 unspecified atom stereocenters. The van der Waals surface area contributed by atoms with Gasteiger partial charge < -0.3 is 15.8 Å². The van der Waals surface area contributed by atoms with Crippen molar-refractivity contribution in [3.8, 4) is 5.75 Å². The van der Waals surface area contributed by atoms with Crippen molar-refractivity contribution in [3.63, 3.8) is 0 Å². The van der Waals surface area contributed by atoms with Gasteiger partial charge in [-0.1, -0.05) is 54.1 Å². The summed E-state index contributed by atoms with van der Waals surface area (Å²) in [5.41, 5.74) is 7.73. The number of hydrogen-bond donors (Lipinski definition) is 2. The van der Waals surface area contributed by atoms with Gasteiger partial charge in [-0.3, -0.25) is 0 Å². The number of nitrogens with one attached hydrogen (secondary N) is 1. The van der Waals surface area contributed by atoms with Gasteiger partial charge in [0.2, 0.25) is 0 Å². The van der Waals surface area contributed by atoms with Crippen molar-refractivity contribution >= 4 is 53.3 Å². The van der Waals surface area contributed by atoms with Crippen LogP contribution in [0, 0.1) is 0 Å². The lowest BCUT2D eigenvalue weighted by molar-refractivity contribution is 0.415. The number of hydrogen-bond acceptors (Lipinski definition) is 2. The van der Waals surface area contributed by atoms with Crippen LogP contribution >= 0.6 is 35.6 Å². The van der Waals surface area contributed by atoms with Gasteiger partial charge in [0.1, 0.15) is 5.75 Å². The van der Waals surface area contributed by atoms with Crippen molar-refractivity contribution in [2.75, 3.05) is 19.0 Å². The van der Waals surface area contributed by atoms with E-state index in [9.17, 15) is 0 Å². The van der Waals surface area contributed by atoms with E-state index < -0.39 is 0 Å². The fraction of sp³-hybridized carbons (Fsp3) is 0.118. The number of guanidine groups is 1. The SMILES string of the molecule is COc1ccc(NC(N)=NCC=Cc2ccccc2)cc1Cl.I. The second kappa shape index (κ2) is 10.1. The van der Waals surface area contributed by atoms with Gasteiger partial charge in [0, 0.05) is 5.69 Å². The van der Waals surface area contributed by atoms with Crippen molar-refractivity contribution in [2.45, 2.75) is 0 Å². The fourth-order valence-electron chi connectivity index (χ4n) is 1.84. The first-order chi connectivity index (χ1) is 10.7. The zero-order valence-corrected chi connectivity index (χ0v) is 15.8. The van der Waals surface area contributed by atoms with Gasteiger partial charge in [-0.15, -0.1) is 24.0 Å². The van der Waals surface area contributed by atoms with Crippen LogP contribution in [0.25, 0.3) is 6.08 Å². The predicted molar refractivity (Wildman–Crippen MR) is 109 cm³/mol. The van der Waals surface area contributed by atoms with Crippen molar-refractivity contribution in [1.29, 1.82) is 0 Å².